The first-order chi connectivity index (χ1) is 10.9. The summed E-state index contributed by atoms with van der Waals surface area (Å²) < 4.78 is 5.66. The average Bonchev–Trinajstić information content (AvgIpc) is 2.71. The molecule has 0 bridgehead atoms. The molecule has 0 unspecified atom stereocenters. The largest absolute Gasteiger partial charge is 0.374 e. The van der Waals surface area contributed by atoms with E-state index < -0.39 is 11.8 Å². The van der Waals surface area contributed by atoms with Crippen molar-refractivity contribution in [3.8, 4) is 0 Å². The molecule has 2 aliphatic rings. The molecule has 3 amide bonds. The van der Waals surface area contributed by atoms with E-state index in [0.717, 1.165) is 24.5 Å². The topological polar surface area (TPSA) is 79.0 Å². The third-order valence-electron chi connectivity index (χ3n) is 3.86. The Morgan fingerprint density at radius 1 is 1.43 bits per heavy atom. The molecule has 2 rings (SSSR count). The summed E-state index contributed by atoms with van der Waals surface area (Å²) in [6, 6.07) is 0. The average molecular weight is 323 g/mol. The Bertz CT molecular complexity index is 515. The third-order valence-corrected chi connectivity index (χ3v) is 3.86. The van der Waals surface area contributed by atoms with E-state index in [9.17, 15) is 14.4 Å². The molecule has 0 saturated carbocycles. The first-order valence-electron chi connectivity index (χ1n) is 8.01. The highest BCUT2D eigenvalue weighted by atomic mass is 16.5. The van der Waals surface area contributed by atoms with E-state index >= 15 is 0 Å². The van der Waals surface area contributed by atoms with Crippen molar-refractivity contribution in [2.45, 2.75) is 26.9 Å². The Kier molecular flexibility index (Phi) is 5.90. The van der Waals surface area contributed by atoms with Crippen LogP contribution < -0.4 is 5.32 Å². The van der Waals surface area contributed by atoms with Gasteiger partial charge in [-0.05, 0) is 12.8 Å². The van der Waals surface area contributed by atoms with Crippen molar-refractivity contribution < 1.29 is 19.1 Å². The van der Waals surface area contributed by atoms with Gasteiger partial charge < -0.3 is 10.1 Å². The lowest BCUT2D eigenvalue weighted by molar-refractivity contribution is -0.141. The van der Waals surface area contributed by atoms with E-state index in [1.165, 1.54) is 6.08 Å². The fraction of sp³-hybridized carbons (Fsp3) is 0.688. The molecule has 2 heterocycles. The maximum Gasteiger partial charge on any atom is 0.257 e. The molecule has 0 spiro atoms. The van der Waals surface area contributed by atoms with Gasteiger partial charge in [-0.3, -0.25) is 24.2 Å². The normalized spacial score (nSPS) is 22.7. The van der Waals surface area contributed by atoms with Gasteiger partial charge in [-0.1, -0.05) is 13.8 Å². The fourth-order valence-corrected chi connectivity index (χ4v) is 2.80. The van der Waals surface area contributed by atoms with E-state index in [2.05, 4.69) is 24.1 Å². The number of nitrogens with one attached hydrogen (secondary N) is 1. The fourth-order valence-electron chi connectivity index (χ4n) is 2.80. The summed E-state index contributed by atoms with van der Waals surface area (Å²) in [6.07, 6.45) is 1.19. The van der Waals surface area contributed by atoms with Crippen molar-refractivity contribution in [3.05, 3.63) is 11.6 Å². The number of carbonyl (C=O) groups is 3. The third kappa shape index (κ3) is 4.87. The van der Waals surface area contributed by atoms with Crippen molar-refractivity contribution >= 4 is 17.7 Å². The molecule has 0 aromatic heterocycles. The molecule has 23 heavy (non-hydrogen) atoms. The Balaban J connectivity index is 1.74. The molecule has 0 aromatic carbocycles. The molecule has 1 fully saturated rings. The zero-order valence-corrected chi connectivity index (χ0v) is 14.0. The summed E-state index contributed by atoms with van der Waals surface area (Å²) in [6.45, 7) is 9.40. The van der Waals surface area contributed by atoms with Gasteiger partial charge in [0.1, 0.15) is 6.54 Å². The van der Waals surface area contributed by atoms with Crippen LogP contribution >= 0.6 is 0 Å². The van der Waals surface area contributed by atoms with Crippen LogP contribution in [0.1, 0.15) is 20.8 Å². The maximum absolute atomic E-state index is 11.9. The zero-order chi connectivity index (χ0) is 17.0. The summed E-state index contributed by atoms with van der Waals surface area (Å²) in [5, 5.41) is 2.75. The van der Waals surface area contributed by atoms with Crippen LogP contribution in [0.4, 0.5) is 0 Å². The standard InChI is InChI=1S/C16H25N3O4/c1-11(2)8-18-4-5-23-13(9-18)7-17-14(20)10-19-15(21)6-12(3)16(19)22/h6,11,13H,4-5,7-10H2,1-3H3,(H,17,20)/t13-/m0/s1. The van der Waals surface area contributed by atoms with E-state index in [-0.39, 0.29) is 18.6 Å². The molecule has 0 aromatic rings. The van der Waals surface area contributed by atoms with Crippen LogP contribution in [0.2, 0.25) is 0 Å². The minimum Gasteiger partial charge on any atom is -0.374 e. The molecular weight excluding hydrogens is 298 g/mol. The summed E-state index contributed by atoms with van der Waals surface area (Å²) in [5.74, 6) is -0.590. The highest BCUT2D eigenvalue weighted by molar-refractivity contribution is 6.17. The minimum absolute atomic E-state index is 0.0590. The Morgan fingerprint density at radius 2 is 2.17 bits per heavy atom. The Hall–Kier alpha value is -1.73. The SMILES string of the molecule is CC1=CC(=O)N(CC(=O)NC[C@H]2CN(CC(C)C)CCO2)C1=O. The quantitative estimate of drug-likeness (QED) is 0.684. The number of morpholine rings is 1. The number of ether oxygens (including phenoxy) is 1. The summed E-state index contributed by atoms with van der Waals surface area (Å²) in [5.41, 5.74) is 0.364. The number of rotatable bonds is 6. The molecule has 1 N–H and O–H groups in total. The highest BCUT2D eigenvalue weighted by Gasteiger charge is 2.30. The molecule has 128 valence electrons. The van der Waals surface area contributed by atoms with Gasteiger partial charge in [0.2, 0.25) is 5.91 Å². The van der Waals surface area contributed by atoms with Gasteiger partial charge in [0, 0.05) is 37.8 Å². The van der Waals surface area contributed by atoms with E-state index in [4.69, 9.17) is 4.74 Å². The van der Waals surface area contributed by atoms with Crippen LogP contribution in [-0.4, -0.2) is 73.0 Å². The lowest BCUT2D eigenvalue weighted by atomic mass is 10.2. The van der Waals surface area contributed by atoms with Crippen molar-refractivity contribution in [1.29, 1.82) is 0 Å². The van der Waals surface area contributed by atoms with Crippen molar-refractivity contribution in [3.63, 3.8) is 0 Å². The van der Waals surface area contributed by atoms with Crippen LogP contribution in [-0.2, 0) is 19.1 Å². The van der Waals surface area contributed by atoms with Gasteiger partial charge in [-0.2, -0.15) is 0 Å². The number of hydrogen-bond donors (Lipinski definition) is 1. The molecule has 1 atom stereocenters. The Labute approximate surface area is 136 Å². The molecule has 7 heteroatoms. The smallest absolute Gasteiger partial charge is 0.257 e. The van der Waals surface area contributed by atoms with Gasteiger partial charge in [0.25, 0.3) is 11.8 Å². The predicted octanol–water partition coefficient (Wildman–Crippen LogP) is -0.225. The molecule has 2 aliphatic heterocycles. The molecule has 0 aliphatic carbocycles. The number of nitrogens with zero attached hydrogens (tertiary/aromatic N) is 2. The lowest BCUT2D eigenvalue weighted by Crippen LogP contribution is -2.49. The van der Waals surface area contributed by atoms with Crippen LogP contribution in [0.5, 0.6) is 0 Å². The minimum atomic E-state index is -0.431. The number of carbonyl (C=O) groups excluding carboxylic acids is 3. The number of imide groups is 1. The van der Waals surface area contributed by atoms with Crippen molar-refractivity contribution in [2.75, 3.05) is 39.3 Å². The monoisotopic (exact) mass is 323 g/mol. The van der Waals surface area contributed by atoms with E-state index in [0.29, 0.717) is 24.6 Å². The number of amides is 3. The maximum atomic E-state index is 11.9. The molecule has 1 saturated heterocycles. The molecule has 7 nitrogen and oxygen atoms in total. The number of hydrogen-bond acceptors (Lipinski definition) is 5. The first kappa shape index (κ1) is 17.6. The zero-order valence-electron chi connectivity index (χ0n) is 14.0. The summed E-state index contributed by atoms with van der Waals surface area (Å²) >= 11 is 0. The van der Waals surface area contributed by atoms with Gasteiger partial charge in [-0.15, -0.1) is 0 Å². The second-order valence-electron chi connectivity index (χ2n) is 6.51. The van der Waals surface area contributed by atoms with Crippen LogP contribution in [0.3, 0.4) is 0 Å². The van der Waals surface area contributed by atoms with Crippen LogP contribution in [0, 0.1) is 5.92 Å². The molecule has 0 radical (unpaired) electrons. The summed E-state index contributed by atoms with van der Waals surface area (Å²) in [7, 11) is 0. The van der Waals surface area contributed by atoms with E-state index in [1.54, 1.807) is 6.92 Å². The van der Waals surface area contributed by atoms with Gasteiger partial charge in [0.05, 0.1) is 12.7 Å². The highest BCUT2D eigenvalue weighted by Crippen LogP contribution is 2.11. The second kappa shape index (κ2) is 7.70. The van der Waals surface area contributed by atoms with Crippen LogP contribution in [0.25, 0.3) is 0 Å². The lowest BCUT2D eigenvalue weighted by Gasteiger charge is -2.34. The molecular formula is C16H25N3O4. The summed E-state index contributed by atoms with van der Waals surface area (Å²) in [4.78, 5) is 38.6. The van der Waals surface area contributed by atoms with E-state index in [1.807, 2.05) is 0 Å². The van der Waals surface area contributed by atoms with Crippen LogP contribution in [0.15, 0.2) is 11.6 Å². The van der Waals surface area contributed by atoms with Gasteiger partial charge in [0.15, 0.2) is 0 Å². The second-order valence-corrected chi connectivity index (χ2v) is 6.51. The van der Waals surface area contributed by atoms with Gasteiger partial charge in [-0.25, -0.2) is 0 Å². The first-order valence-corrected chi connectivity index (χ1v) is 8.01. The Morgan fingerprint density at radius 3 is 2.78 bits per heavy atom. The van der Waals surface area contributed by atoms with Crippen molar-refractivity contribution in [1.82, 2.24) is 15.1 Å². The predicted molar refractivity (Wildman–Crippen MR) is 84.5 cm³/mol. The van der Waals surface area contributed by atoms with Gasteiger partial charge >= 0.3 is 0 Å². The van der Waals surface area contributed by atoms with Crippen molar-refractivity contribution in [2.24, 2.45) is 5.92 Å².